The van der Waals surface area contributed by atoms with Gasteiger partial charge in [0.2, 0.25) is 0 Å². The molecule has 1 aliphatic rings. The molecule has 0 saturated heterocycles. The lowest BCUT2D eigenvalue weighted by molar-refractivity contribution is 0.472. The largest absolute Gasteiger partial charge is 0.330 e. The Balaban J connectivity index is 0.000000640. The van der Waals surface area contributed by atoms with E-state index in [0.717, 1.165) is 6.54 Å². The van der Waals surface area contributed by atoms with Crippen LogP contribution in [0, 0.1) is 5.41 Å². The normalized spacial score (nSPS) is 20.7. The summed E-state index contributed by atoms with van der Waals surface area (Å²) in [5.41, 5.74) is 6.17. The Morgan fingerprint density at radius 3 is 2.11 bits per heavy atom. The highest BCUT2D eigenvalue weighted by Crippen LogP contribution is 2.48. The topological polar surface area (TPSA) is 26.0 Å². The van der Waals surface area contributed by atoms with Gasteiger partial charge in [0.15, 0.2) is 0 Å². The molecule has 9 heavy (non-hydrogen) atoms. The Labute approximate surface area is 63.4 Å². The van der Waals surface area contributed by atoms with Gasteiger partial charge in [0, 0.05) is 0 Å². The van der Waals surface area contributed by atoms with E-state index < -0.39 is 0 Å². The molecule has 1 saturated carbocycles. The van der Waals surface area contributed by atoms with Crippen molar-refractivity contribution in [2.24, 2.45) is 11.1 Å². The smallest absolute Gasteiger partial charge is 0.00205 e. The van der Waals surface area contributed by atoms with Crippen molar-refractivity contribution in [1.82, 2.24) is 0 Å². The summed E-state index contributed by atoms with van der Waals surface area (Å²) in [6, 6.07) is 0. The zero-order valence-electron chi connectivity index (χ0n) is 6.02. The molecule has 1 rings (SSSR count). The first-order valence-electron chi connectivity index (χ1n) is 3.53. The summed E-state index contributed by atoms with van der Waals surface area (Å²) >= 11 is 0. The number of hydrogen-bond acceptors (Lipinski definition) is 1. The van der Waals surface area contributed by atoms with Crippen LogP contribution in [0.3, 0.4) is 0 Å². The molecule has 0 bridgehead atoms. The van der Waals surface area contributed by atoms with Crippen molar-refractivity contribution in [3.8, 4) is 0 Å². The van der Waals surface area contributed by atoms with Gasteiger partial charge in [-0.3, -0.25) is 0 Å². The zero-order chi connectivity index (χ0) is 6.04. The minimum Gasteiger partial charge on any atom is -0.330 e. The fourth-order valence-corrected chi connectivity index (χ4v) is 1.26. The average Bonchev–Trinajstić information content (AvgIpc) is 2.50. The Hall–Kier alpha value is 0.250. The highest BCUT2D eigenvalue weighted by Gasteiger charge is 2.39. The van der Waals surface area contributed by atoms with Gasteiger partial charge in [-0.2, -0.15) is 0 Å². The van der Waals surface area contributed by atoms with Crippen LogP contribution >= 0.6 is 12.4 Å². The average molecular weight is 150 g/mol. The van der Waals surface area contributed by atoms with E-state index in [-0.39, 0.29) is 12.4 Å². The van der Waals surface area contributed by atoms with Gasteiger partial charge in [0.1, 0.15) is 0 Å². The van der Waals surface area contributed by atoms with E-state index in [1.54, 1.807) is 0 Å². The zero-order valence-corrected chi connectivity index (χ0v) is 6.84. The highest BCUT2D eigenvalue weighted by atomic mass is 35.5. The van der Waals surface area contributed by atoms with Crippen molar-refractivity contribution in [2.45, 2.75) is 32.6 Å². The van der Waals surface area contributed by atoms with Gasteiger partial charge >= 0.3 is 0 Å². The van der Waals surface area contributed by atoms with E-state index in [0.29, 0.717) is 5.41 Å². The summed E-state index contributed by atoms with van der Waals surface area (Å²) in [7, 11) is 0. The molecule has 1 nitrogen and oxygen atoms in total. The van der Waals surface area contributed by atoms with Crippen LogP contribution < -0.4 is 5.73 Å². The Kier molecular flexibility index (Phi) is 3.52. The van der Waals surface area contributed by atoms with Crippen molar-refractivity contribution in [2.75, 3.05) is 6.54 Å². The van der Waals surface area contributed by atoms with Crippen LogP contribution in [0.5, 0.6) is 0 Å². The van der Waals surface area contributed by atoms with Gasteiger partial charge in [-0.25, -0.2) is 0 Å². The minimum absolute atomic E-state index is 0. The van der Waals surface area contributed by atoms with Gasteiger partial charge in [-0.1, -0.05) is 13.3 Å². The maximum absolute atomic E-state index is 5.55. The summed E-state index contributed by atoms with van der Waals surface area (Å²) in [6.45, 7) is 3.15. The molecule has 2 N–H and O–H groups in total. The maximum Gasteiger partial charge on any atom is -0.00205 e. The second-order valence-corrected chi connectivity index (χ2v) is 2.95. The molecule has 0 amide bonds. The molecule has 0 heterocycles. The molecule has 1 fully saturated rings. The summed E-state index contributed by atoms with van der Waals surface area (Å²) in [6.07, 6.45) is 5.43. The quantitative estimate of drug-likeness (QED) is 0.652. The molecule has 0 aromatic heterocycles. The molecule has 0 unspecified atom stereocenters. The van der Waals surface area contributed by atoms with Crippen molar-refractivity contribution >= 4 is 12.4 Å². The lowest BCUT2D eigenvalue weighted by Gasteiger charge is -2.07. The van der Waals surface area contributed by atoms with Crippen LogP contribution in [0.25, 0.3) is 0 Å². The van der Waals surface area contributed by atoms with E-state index in [2.05, 4.69) is 6.92 Å². The Bertz CT molecular complexity index is 79.0. The van der Waals surface area contributed by atoms with Gasteiger partial charge in [-0.15, -0.1) is 12.4 Å². The molecule has 1 aliphatic carbocycles. The molecule has 0 atom stereocenters. The highest BCUT2D eigenvalue weighted by molar-refractivity contribution is 5.85. The van der Waals surface area contributed by atoms with E-state index >= 15 is 0 Å². The van der Waals surface area contributed by atoms with Crippen molar-refractivity contribution in [3.63, 3.8) is 0 Å². The molecular weight excluding hydrogens is 134 g/mol. The molecule has 0 spiro atoms. The first-order chi connectivity index (χ1) is 3.83. The molecular formula is C7H16ClN. The number of hydrogen-bond donors (Lipinski definition) is 1. The fraction of sp³-hybridized carbons (Fsp3) is 1.00. The van der Waals surface area contributed by atoms with Gasteiger partial charge < -0.3 is 5.73 Å². The van der Waals surface area contributed by atoms with Crippen LogP contribution in [0.4, 0.5) is 0 Å². The summed E-state index contributed by atoms with van der Waals surface area (Å²) in [5.74, 6) is 0. The van der Waals surface area contributed by atoms with Gasteiger partial charge in [-0.05, 0) is 31.2 Å². The Morgan fingerprint density at radius 1 is 1.44 bits per heavy atom. The number of nitrogens with two attached hydrogens (primary N) is 1. The second kappa shape index (κ2) is 3.43. The first-order valence-corrected chi connectivity index (χ1v) is 3.53. The summed E-state index contributed by atoms with van der Waals surface area (Å²) < 4.78 is 0. The third-order valence-corrected chi connectivity index (χ3v) is 2.17. The van der Waals surface area contributed by atoms with Crippen LogP contribution in [0.1, 0.15) is 32.6 Å². The van der Waals surface area contributed by atoms with Crippen LogP contribution in [-0.4, -0.2) is 6.54 Å². The van der Waals surface area contributed by atoms with Crippen molar-refractivity contribution in [1.29, 1.82) is 0 Å². The monoisotopic (exact) mass is 149 g/mol. The van der Waals surface area contributed by atoms with Crippen LogP contribution in [0.2, 0.25) is 0 Å². The molecule has 0 radical (unpaired) electrons. The predicted molar refractivity (Wildman–Crippen MR) is 42.9 cm³/mol. The molecule has 0 aromatic carbocycles. The van der Waals surface area contributed by atoms with Crippen LogP contribution in [-0.2, 0) is 0 Å². The van der Waals surface area contributed by atoms with E-state index in [1.165, 1.54) is 25.7 Å². The van der Waals surface area contributed by atoms with E-state index in [4.69, 9.17) is 5.73 Å². The SMILES string of the molecule is CCCC1(CN)CC1.Cl. The molecule has 0 aromatic rings. The molecule has 2 heteroatoms. The Morgan fingerprint density at radius 2 is 2.00 bits per heavy atom. The lowest BCUT2D eigenvalue weighted by Crippen LogP contribution is -2.14. The second-order valence-electron chi connectivity index (χ2n) is 2.95. The van der Waals surface area contributed by atoms with Gasteiger partial charge in [0.25, 0.3) is 0 Å². The van der Waals surface area contributed by atoms with E-state index in [1.807, 2.05) is 0 Å². The standard InChI is InChI=1S/C7H15N.ClH/c1-2-3-7(6-8)4-5-7;/h2-6,8H2,1H3;1H. The number of halogens is 1. The van der Waals surface area contributed by atoms with Crippen molar-refractivity contribution in [3.05, 3.63) is 0 Å². The molecule has 56 valence electrons. The molecule has 0 aliphatic heterocycles. The number of rotatable bonds is 3. The minimum atomic E-state index is 0. The predicted octanol–water partition coefficient (Wildman–Crippen LogP) is 1.95. The maximum atomic E-state index is 5.55. The van der Waals surface area contributed by atoms with E-state index in [9.17, 15) is 0 Å². The summed E-state index contributed by atoms with van der Waals surface area (Å²) in [4.78, 5) is 0. The third kappa shape index (κ3) is 2.15. The van der Waals surface area contributed by atoms with Crippen LogP contribution in [0.15, 0.2) is 0 Å². The first kappa shape index (κ1) is 9.25. The fourth-order valence-electron chi connectivity index (χ4n) is 1.26. The third-order valence-electron chi connectivity index (χ3n) is 2.17. The summed E-state index contributed by atoms with van der Waals surface area (Å²) in [5, 5.41) is 0. The van der Waals surface area contributed by atoms with Crippen molar-refractivity contribution < 1.29 is 0 Å². The lowest BCUT2D eigenvalue weighted by atomic mass is 10.0. The van der Waals surface area contributed by atoms with Gasteiger partial charge in [0.05, 0.1) is 0 Å².